The molecule has 1 aliphatic rings. The first-order valence-corrected chi connectivity index (χ1v) is 8.18. The number of carbonyl (C=O) groups excluding carboxylic acids is 1. The van der Waals surface area contributed by atoms with Gasteiger partial charge < -0.3 is 9.84 Å². The zero-order valence-corrected chi connectivity index (χ0v) is 14.0. The summed E-state index contributed by atoms with van der Waals surface area (Å²) in [6, 6.07) is 14.1. The predicted molar refractivity (Wildman–Crippen MR) is 93.8 cm³/mol. The highest BCUT2D eigenvalue weighted by molar-refractivity contribution is 5.82. The first-order chi connectivity index (χ1) is 12.5. The Morgan fingerprint density at radius 2 is 1.85 bits per heavy atom. The number of likely N-dealkylation sites (tertiary alicyclic amines) is 1. The van der Waals surface area contributed by atoms with Gasteiger partial charge in [0.15, 0.2) is 0 Å². The van der Waals surface area contributed by atoms with Crippen molar-refractivity contribution in [3.8, 4) is 0 Å². The van der Waals surface area contributed by atoms with Crippen molar-refractivity contribution in [2.75, 3.05) is 6.54 Å². The Morgan fingerprint density at radius 1 is 1.15 bits per heavy atom. The third-order valence-electron chi connectivity index (χ3n) is 4.17. The number of ether oxygens (including phenoxy) is 1. The first-order valence-electron chi connectivity index (χ1n) is 8.18. The summed E-state index contributed by atoms with van der Waals surface area (Å²) in [4.78, 5) is 25.1. The maximum atomic E-state index is 13.0. The molecule has 2 aromatic rings. The minimum atomic E-state index is -1.08. The predicted octanol–water partition coefficient (Wildman–Crippen LogP) is 3.70. The summed E-state index contributed by atoms with van der Waals surface area (Å²) >= 11 is 0. The number of halogens is 1. The minimum Gasteiger partial charge on any atom is -0.480 e. The molecule has 0 bridgehead atoms. The van der Waals surface area contributed by atoms with Crippen LogP contribution in [0.15, 0.2) is 60.2 Å². The average Bonchev–Trinajstić information content (AvgIpc) is 3.07. The third-order valence-corrected chi connectivity index (χ3v) is 4.17. The lowest BCUT2D eigenvalue weighted by Crippen LogP contribution is -2.40. The molecule has 1 amide bonds. The lowest BCUT2D eigenvalue weighted by molar-refractivity contribution is -0.141. The first kappa shape index (κ1) is 17.7. The van der Waals surface area contributed by atoms with Crippen LogP contribution in [0.25, 0.3) is 6.08 Å². The standard InChI is InChI=1S/C20H18FNO4/c21-17-8-6-14(7-9-17)10-16-11-18(19(23)24)22(12-16)20(25)26-13-15-4-2-1-3-5-15/h1-10,18H,11-13H2,(H,23,24)/t18-/m0/s1. The highest BCUT2D eigenvalue weighted by atomic mass is 19.1. The molecule has 26 heavy (non-hydrogen) atoms. The number of rotatable bonds is 4. The van der Waals surface area contributed by atoms with Crippen LogP contribution in [-0.2, 0) is 16.1 Å². The summed E-state index contributed by atoms with van der Waals surface area (Å²) < 4.78 is 18.2. The van der Waals surface area contributed by atoms with Crippen molar-refractivity contribution in [3.05, 3.63) is 77.1 Å². The number of amides is 1. The molecule has 0 aromatic heterocycles. The highest BCUT2D eigenvalue weighted by Crippen LogP contribution is 2.26. The van der Waals surface area contributed by atoms with Crippen LogP contribution < -0.4 is 0 Å². The maximum Gasteiger partial charge on any atom is 0.411 e. The van der Waals surface area contributed by atoms with Crippen LogP contribution in [0.1, 0.15) is 17.5 Å². The summed E-state index contributed by atoms with van der Waals surface area (Å²) in [5.41, 5.74) is 2.36. The van der Waals surface area contributed by atoms with E-state index in [0.717, 1.165) is 16.7 Å². The van der Waals surface area contributed by atoms with E-state index in [0.29, 0.717) is 0 Å². The van der Waals surface area contributed by atoms with Gasteiger partial charge in [-0.1, -0.05) is 48.5 Å². The third kappa shape index (κ3) is 4.27. The quantitative estimate of drug-likeness (QED) is 0.908. The van der Waals surface area contributed by atoms with E-state index in [1.54, 1.807) is 18.2 Å². The van der Waals surface area contributed by atoms with Crippen LogP contribution in [-0.4, -0.2) is 34.7 Å². The van der Waals surface area contributed by atoms with Gasteiger partial charge in [-0.05, 0) is 28.8 Å². The maximum absolute atomic E-state index is 13.0. The zero-order chi connectivity index (χ0) is 18.5. The van der Waals surface area contributed by atoms with E-state index in [1.165, 1.54) is 17.0 Å². The molecule has 6 heteroatoms. The van der Waals surface area contributed by atoms with Crippen LogP contribution in [0.5, 0.6) is 0 Å². The van der Waals surface area contributed by atoms with E-state index in [2.05, 4.69) is 0 Å². The molecule has 1 aliphatic heterocycles. The molecule has 1 N–H and O–H groups in total. The van der Waals surface area contributed by atoms with Gasteiger partial charge in [-0.25, -0.2) is 14.0 Å². The molecule has 134 valence electrons. The average molecular weight is 355 g/mol. The molecule has 1 atom stereocenters. The highest BCUT2D eigenvalue weighted by Gasteiger charge is 2.37. The normalized spacial score (nSPS) is 18.1. The van der Waals surface area contributed by atoms with E-state index < -0.39 is 18.1 Å². The largest absolute Gasteiger partial charge is 0.480 e. The summed E-state index contributed by atoms with van der Waals surface area (Å²) in [7, 11) is 0. The molecule has 2 aromatic carbocycles. The van der Waals surface area contributed by atoms with Crippen LogP contribution >= 0.6 is 0 Å². The van der Waals surface area contributed by atoms with E-state index in [1.807, 2.05) is 30.3 Å². The molecule has 1 saturated heterocycles. The van der Waals surface area contributed by atoms with Gasteiger partial charge in [0.2, 0.25) is 0 Å². The van der Waals surface area contributed by atoms with Crippen LogP contribution in [0.4, 0.5) is 9.18 Å². The van der Waals surface area contributed by atoms with Gasteiger partial charge in [0, 0.05) is 13.0 Å². The summed E-state index contributed by atoms with van der Waals surface area (Å²) in [6.07, 6.45) is 1.33. The van der Waals surface area contributed by atoms with Crippen LogP contribution in [0.2, 0.25) is 0 Å². The fourth-order valence-corrected chi connectivity index (χ4v) is 2.87. The monoisotopic (exact) mass is 355 g/mol. The number of carboxylic acid groups (broad SMARTS) is 1. The molecule has 0 radical (unpaired) electrons. The van der Waals surface area contributed by atoms with Gasteiger partial charge in [-0.3, -0.25) is 4.90 Å². The zero-order valence-electron chi connectivity index (χ0n) is 14.0. The lowest BCUT2D eigenvalue weighted by Gasteiger charge is -2.20. The van der Waals surface area contributed by atoms with Crippen molar-refractivity contribution in [1.29, 1.82) is 0 Å². The van der Waals surface area contributed by atoms with E-state index in [-0.39, 0.29) is 25.4 Å². The number of hydrogen-bond acceptors (Lipinski definition) is 3. The van der Waals surface area contributed by atoms with Gasteiger partial charge in [-0.2, -0.15) is 0 Å². The van der Waals surface area contributed by atoms with Crippen molar-refractivity contribution in [3.63, 3.8) is 0 Å². The molecule has 0 aliphatic carbocycles. The van der Waals surface area contributed by atoms with E-state index in [4.69, 9.17) is 4.74 Å². The molecule has 0 saturated carbocycles. The Kier molecular flexibility index (Phi) is 5.31. The van der Waals surface area contributed by atoms with Crippen molar-refractivity contribution >= 4 is 18.1 Å². The topological polar surface area (TPSA) is 66.8 Å². The van der Waals surface area contributed by atoms with Crippen molar-refractivity contribution < 1.29 is 23.8 Å². The Labute approximate surface area is 150 Å². The summed E-state index contributed by atoms with van der Waals surface area (Å²) in [6.45, 7) is 0.251. The number of carbonyl (C=O) groups is 2. The number of aliphatic carboxylic acids is 1. The molecule has 0 spiro atoms. The van der Waals surface area contributed by atoms with E-state index in [9.17, 15) is 19.1 Å². The van der Waals surface area contributed by atoms with Gasteiger partial charge in [0.05, 0.1) is 0 Å². The second-order valence-corrected chi connectivity index (χ2v) is 6.08. The molecule has 3 rings (SSSR count). The Hall–Kier alpha value is -3.15. The van der Waals surface area contributed by atoms with Gasteiger partial charge >= 0.3 is 12.1 Å². The number of carboxylic acids is 1. The lowest BCUT2D eigenvalue weighted by atomic mass is 10.1. The second-order valence-electron chi connectivity index (χ2n) is 6.08. The molecule has 1 heterocycles. The molecule has 1 fully saturated rings. The number of benzene rings is 2. The molecule has 0 unspecified atom stereocenters. The molecule has 5 nitrogen and oxygen atoms in total. The van der Waals surface area contributed by atoms with Crippen molar-refractivity contribution in [2.24, 2.45) is 0 Å². The van der Waals surface area contributed by atoms with Gasteiger partial charge in [0.25, 0.3) is 0 Å². The second kappa shape index (κ2) is 7.82. The smallest absolute Gasteiger partial charge is 0.411 e. The van der Waals surface area contributed by atoms with Crippen molar-refractivity contribution in [1.82, 2.24) is 4.90 Å². The molecular formula is C20H18FNO4. The Balaban J connectivity index is 1.69. The SMILES string of the molecule is O=C(O)[C@@H]1CC(=Cc2ccc(F)cc2)CN1C(=O)OCc1ccccc1. The summed E-state index contributed by atoms with van der Waals surface area (Å²) in [5, 5.41) is 9.41. The Morgan fingerprint density at radius 3 is 2.50 bits per heavy atom. The van der Waals surface area contributed by atoms with Gasteiger partial charge in [0.1, 0.15) is 18.5 Å². The van der Waals surface area contributed by atoms with Crippen LogP contribution in [0.3, 0.4) is 0 Å². The Bertz CT molecular complexity index is 817. The fraction of sp³-hybridized carbons (Fsp3) is 0.200. The van der Waals surface area contributed by atoms with Crippen molar-refractivity contribution in [2.45, 2.75) is 19.1 Å². The van der Waals surface area contributed by atoms with Gasteiger partial charge in [-0.15, -0.1) is 0 Å². The van der Waals surface area contributed by atoms with Crippen LogP contribution in [0, 0.1) is 5.82 Å². The molecular weight excluding hydrogens is 337 g/mol. The summed E-state index contributed by atoms with van der Waals surface area (Å²) in [5.74, 6) is -1.42. The fourth-order valence-electron chi connectivity index (χ4n) is 2.87. The number of hydrogen-bond donors (Lipinski definition) is 1. The number of nitrogens with zero attached hydrogens (tertiary/aromatic N) is 1. The minimum absolute atomic E-state index is 0.0829. The van der Waals surface area contributed by atoms with E-state index >= 15 is 0 Å².